The second kappa shape index (κ2) is 4.59. The van der Waals surface area contributed by atoms with Crippen LogP contribution < -0.4 is 0 Å². The molecule has 2 rings (SSSR count). The fraction of sp³-hybridized carbons (Fsp3) is 0.143. The van der Waals surface area contributed by atoms with Crippen LogP contribution in [0.2, 0.25) is 0 Å². The molecule has 0 atom stereocenters. The summed E-state index contributed by atoms with van der Waals surface area (Å²) in [6.45, 7) is 3.04. The lowest BCUT2D eigenvalue weighted by Crippen LogP contribution is -2.04. The van der Waals surface area contributed by atoms with E-state index in [1.165, 1.54) is 32.0 Å². The second-order valence-electron chi connectivity index (χ2n) is 4.31. The molecule has 5 heteroatoms. The Morgan fingerprint density at radius 3 is 2.11 bits per heavy atom. The van der Waals surface area contributed by atoms with Crippen LogP contribution in [0.15, 0.2) is 46.2 Å². The van der Waals surface area contributed by atoms with Crippen molar-refractivity contribution < 1.29 is 18.6 Å². The number of phenolic OH excluding ortho intramolecular Hbond substituents is 2. The highest BCUT2D eigenvalue weighted by Gasteiger charge is 2.23. The van der Waals surface area contributed by atoms with Gasteiger partial charge in [-0.15, -0.1) is 0 Å². The average Bonchev–Trinajstić information content (AvgIpc) is 2.41. The number of phenols is 2. The van der Waals surface area contributed by atoms with Gasteiger partial charge in [-0.1, -0.05) is 18.2 Å². The van der Waals surface area contributed by atoms with Gasteiger partial charge in [0.05, 0.1) is 9.79 Å². The van der Waals surface area contributed by atoms with Crippen molar-refractivity contribution in [3.05, 3.63) is 47.5 Å². The lowest BCUT2D eigenvalue weighted by atomic mass is 10.1. The normalized spacial score (nSPS) is 11.5. The van der Waals surface area contributed by atoms with Gasteiger partial charge in [-0.05, 0) is 32.0 Å². The zero-order valence-electron chi connectivity index (χ0n) is 10.6. The molecule has 100 valence electrons. The number of aromatic hydroxyl groups is 2. The first kappa shape index (κ1) is 13.4. The highest BCUT2D eigenvalue weighted by atomic mass is 32.2. The predicted octanol–water partition coefficient (Wildman–Crippen LogP) is 2.55. The van der Waals surface area contributed by atoms with E-state index in [-0.39, 0.29) is 32.4 Å². The quantitative estimate of drug-likeness (QED) is 0.885. The van der Waals surface area contributed by atoms with Crippen LogP contribution in [0.5, 0.6) is 11.5 Å². The fourth-order valence-corrected chi connectivity index (χ4v) is 3.40. The second-order valence-corrected chi connectivity index (χ2v) is 6.23. The maximum absolute atomic E-state index is 12.4. The summed E-state index contributed by atoms with van der Waals surface area (Å²) in [6, 6.07) is 9.08. The third-order valence-corrected chi connectivity index (χ3v) is 4.97. The highest BCUT2D eigenvalue weighted by molar-refractivity contribution is 7.91. The molecular weight excluding hydrogens is 264 g/mol. The number of hydrogen-bond acceptors (Lipinski definition) is 4. The van der Waals surface area contributed by atoms with Crippen LogP contribution in [0, 0.1) is 13.8 Å². The first-order valence-corrected chi connectivity index (χ1v) is 7.16. The molecule has 0 aliphatic heterocycles. The monoisotopic (exact) mass is 278 g/mol. The molecule has 0 heterocycles. The zero-order chi connectivity index (χ0) is 14.2. The van der Waals surface area contributed by atoms with Gasteiger partial charge < -0.3 is 10.2 Å². The summed E-state index contributed by atoms with van der Waals surface area (Å²) in [5.74, 6) is -0.438. The first-order chi connectivity index (χ1) is 8.85. The Balaban J connectivity index is 2.73. The molecule has 0 amide bonds. The van der Waals surface area contributed by atoms with E-state index in [4.69, 9.17) is 0 Å². The van der Waals surface area contributed by atoms with Crippen molar-refractivity contribution in [1.29, 1.82) is 0 Å². The SMILES string of the molecule is Cc1c(O)cc(S(=O)(=O)c2ccccc2)c(C)c1O. The Labute approximate surface area is 111 Å². The molecule has 0 radical (unpaired) electrons. The molecule has 0 saturated heterocycles. The van der Waals surface area contributed by atoms with Crippen molar-refractivity contribution in [2.45, 2.75) is 23.6 Å². The maximum Gasteiger partial charge on any atom is 0.207 e. The Bertz CT molecular complexity index is 719. The summed E-state index contributed by atoms with van der Waals surface area (Å²) in [5, 5.41) is 19.5. The summed E-state index contributed by atoms with van der Waals surface area (Å²) in [6.07, 6.45) is 0. The molecule has 0 unspecified atom stereocenters. The van der Waals surface area contributed by atoms with Crippen LogP contribution >= 0.6 is 0 Å². The van der Waals surface area contributed by atoms with E-state index in [0.717, 1.165) is 0 Å². The zero-order valence-corrected chi connectivity index (χ0v) is 11.4. The summed E-state index contributed by atoms with van der Waals surface area (Å²) in [7, 11) is -3.75. The van der Waals surface area contributed by atoms with Crippen molar-refractivity contribution >= 4 is 9.84 Å². The highest BCUT2D eigenvalue weighted by Crippen LogP contribution is 2.36. The summed E-state index contributed by atoms with van der Waals surface area (Å²) in [4.78, 5) is 0.0417. The minimum atomic E-state index is -3.75. The minimum Gasteiger partial charge on any atom is -0.507 e. The molecular formula is C14H14O4S. The average molecular weight is 278 g/mol. The van der Waals surface area contributed by atoms with Crippen LogP contribution in [0.3, 0.4) is 0 Å². The maximum atomic E-state index is 12.4. The molecule has 0 aliphatic rings. The molecule has 0 aromatic heterocycles. The molecule has 0 bridgehead atoms. The summed E-state index contributed by atoms with van der Waals surface area (Å²) < 4.78 is 24.9. The number of hydrogen-bond donors (Lipinski definition) is 2. The lowest BCUT2D eigenvalue weighted by Gasteiger charge is -2.12. The van der Waals surface area contributed by atoms with Crippen LogP contribution in [0.4, 0.5) is 0 Å². The molecule has 0 fully saturated rings. The van der Waals surface area contributed by atoms with E-state index in [1.807, 2.05) is 0 Å². The molecule has 2 aromatic rings. The van der Waals surface area contributed by atoms with Gasteiger partial charge in [-0.2, -0.15) is 0 Å². The molecule has 4 nitrogen and oxygen atoms in total. The van der Waals surface area contributed by atoms with Crippen molar-refractivity contribution in [2.24, 2.45) is 0 Å². The van der Waals surface area contributed by atoms with Crippen LogP contribution in [-0.2, 0) is 9.84 Å². The van der Waals surface area contributed by atoms with E-state index in [9.17, 15) is 18.6 Å². The minimum absolute atomic E-state index is 0.0840. The third-order valence-electron chi connectivity index (χ3n) is 3.08. The van der Waals surface area contributed by atoms with Gasteiger partial charge in [0.1, 0.15) is 11.5 Å². The van der Waals surface area contributed by atoms with E-state index in [1.54, 1.807) is 18.2 Å². The smallest absolute Gasteiger partial charge is 0.207 e. The topological polar surface area (TPSA) is 74.6 Å². The van der Waals surface area contributed by atoms with Gasteiger partial charge in [-0.3, -0.25) is 0 Å². The molecule has 2 N–H and O–H groups in total. The van der Waals surface area contributed by atoms with E-state index < -0.39 is 9.84 Å². The summed E-state index contributed by atoms with van der Waals surface area (Å²) in [5.41, 5.74) is 0.503. The lowest BCUT2D eigenvalue weighted by molar-refractivity contribution is 0.436. The van der Waals surface area contributed by atoms with Crippen molar-refractivity contribution in [3.8, 4) is 11.5 Å². The van der Waals surface area contributed by atoms with Crippen molar-refractivity contribution in [2.75, 3.05) is 0 Å². The van der Waals surface area contributed by atoms with Crippen molar-refractivity contribution in [3.63, 3.8) is 0 Å². The molecule has 0 saturated carbocycles. The van der Waals surface area contributed by atoms with Gasteiger partial charge >= 0.3 is 0 Å². The molecule has 0 spiro atoms. The van der Waals surface area contributed by atoms with Crippen LogP contribution in [0.1, 0.15) is 11.1 Å². The Morgan fingerprint density at radius 2 is 1.53 bits per heavy atom. The fourth-order valence-electron chi connectivity index (χ4n) is 1.87. The number of sulfone groups is 1. The molecule has 0 aliphatic carbocycles. The van der Waals surface area contributed by atoms with Crippen LogP contribution in [0.25, 0.3) is 0 Å². The van der Waals surface area contributed by atoms with E-state index in [0.29, 0.717) is 0 Å². The van der Waals surface area contributed by atoms with Gasteiger partial charge in [0.15, 0.2) is 0 Å². The summed E-state index contributed by atoms with van der Waals surface area (Å²) >= 11 is 0. The first-order valence-electron chi connectivity index (χ1n) is 5.68. The number of benzene rings is 2. The molecule has 2 aromatic carbocycles. The van der Waals surface area contributed by atoms with Gasteiger partial charge in [0.25, 0.3) is 0 Å². The van der Waals surface area contributed by atoms with Crippen LogP contribution in [-0.4, -0.2) is 18.6 Å². The number of rotatable bonds is 2. The Hall–Kier alpha value is -2.01. The van der Waals surface area contributed by atoms with Crippen molar-refractivity contribution in [1.82, 2.24) is 0 Å². The van der Waals surface area contributed by atoms with E-state index in [2.05, 4.69) is 0 Å². The Morgan fingerprint density at radius 1 is 0.947 bits per heavy atom. The third kappa shape index (κ3) is 2.17. The largest absolute Gasteiger partial charge is 0.507 e. The van der Waals surface area contributed by atoms with Gasteiger partial charge in [-0.25, -0.2) is 8.42 Å². The van der Waals surface area contributed by atoms with Gasteiger partial charge in [0, 0.05) is 11.1 Å². The molecule has 19 heavy (non-hydrogen) atoms. The van der Waals surface area contributed by atoms with E-state index >= 15 is 0 Å². The predicted molar refractivity (Wildman–Crippen MR) is 71.1 cm³/mol. The Kier molecular flexibility index (Phi) is 3.24. The standard InChI is InChI=1S/C14H14O4S/c1-9-12(15)8-13(10(2)14(9)16)19(17,18)11-6-4-3-5-7-11/h3-8,15-16H,1-2H3. The van der Waals surface area contributed by atoms with Gasteiger partial charge in [0.2, 0.25) is 9.84 Å².